The molecule has 0 aliphatic heterocycles. The van der Waals surface area contributed by atoms with E-state index in [9.17, 15) is 9.59 Å². The zero-order valence-electron chi connectivity index (χ0n) is 27.6. The van der Waals surface area contributed by atoms with E-state index in [1.165, 1.54) is 6.07 Å². The van der Waals surface area contributed by atoms with Gasteiger partial charge in [-0.15, -0.1) is 0 Å². The largest absolute Gasteiger partial charge is 0.397 e. The molecule has 1 aromatic rings. The van der Waals surface area contributed by atoms with Crippen molar-refractivity contribution >= 4 is 23.2 Å². The van der Waals surface area contributed by atoms with Crippen LogP contribution in [0.1, 0.15) is 93.5 Å². The van der Waals surface area contributed by atoms with Crippen LogP contribution in [0, 0.1) is 5.41 Å². The van der Waals surface area contributed by atoms with Gasteiger partial charge in [0.1, 0.15) is 5.82 Å². The normalized spacial score (nSPS) is 11.6. The number of Topliss-reactive ketones (excluding diaryl/α,β-unsaturated/α-hetero) is 1. The van der Waals surface area contributed by atoms with Crippen molar-refractivity contribution < 1.29 is 38.0 Å². The van der Waals surface area contributed by atoms with Gasteiger partial charge in [-0.2, -0.15) is 0 Å². The second kappa shape index (κ2) is 24.9. The van der Waals surface area contributed by atoms with E-state index >= 15 is 0 Å². The van der Waals surface area contributed by atoms with Gasteiger partial charge in [0.15, 0.2) is 11.5 Å². The third-order valence-corrected chi connectivity index (χ3v) is 6.34. The Kier molecular flexibility index (Phi) is 22.5. The third-order valence-electron chi connectivity index (χ3n) is 6.34. The van der Waals surface area contributed by atoms with Gasteiger partial charge in [0.2, 0.25) is 0 Å². The van der Waals surface area contributed by atoms with Crippen LogP contribution in [-0.2, 0) is 28.4 Å². The molecular weight excluding hydrogens is 568 g/mol. The van der Waals surface area contributed by atoms with Crippen LogP contribution in [0.4, 0.5) is 11.5 Å². The summed E-state index contributed by atoms with van der Waals surface area (Å²) in [4.78, 5) is 29.3. The first-order chi connectivity index (χ1) is 21.2. The summed E-state index contributed by atoms with van der Waals surface area (Å²) in [5, 5.41) is 2.76. The molecule has 0 aliphatic rings. The van der Waals surface area contributed by atoms with E-state index in [4.69, 9.17) is 39.9 Å². The van der Waals surface area contributed by atoms with Crippen LogP contribution in [0.5, 0.6) is 0 Å². The molecule has 0 fully saturated rings. The number of nitrogens with zero attached hydrogens (tertiary/aromatic N) is 1. The summed E-state index contributed by atoms with van der Waals surface area (Å²) in [6, 6.07) is 1.43. The van der Waals surface area contributed by atoms with Gasteiger partial charge in [-0.25, -0.2) is 4.98 Å². The lowest BCUT2D eigenvalue weighted by Crippen LogP contribution is -2.28. The molecule has 0 spiro atoms. The number of nitrogens with one attached hydrogen (secondary N) is 1. The van der Waals surface area contributed by atoms with E-state index in [0.29, 0.717) is 90.9 Å². The molecule has 12 nitrogen and oxygen atoms in total. The fourth-order valence-corrected chi connectivity index (χ4v) is 3.97. The van der Waals surface area contributed by atoms with Crippen molar-refractivity contribution in [1.82, 2.24) is 10.3 Å². The van der Waals surface area contributed by atoms with Gasteiger partial charge in [0.05, 0.1) is 64.1 Å². The number of unbranched alkanes of at least 4 members (excludes halogenated alkanes) is 1. The molecule has 44 heavy (non-hydrogen) atoms. The van der Waals surface area contributed by atoms with Crippen LogP contribution in [0.15, 0.2) is 6.07 Å². The second-order valence-electron chi connectivity index (χ2n) is 11.7. The van der Waals surface area contributed by atoms with Gasteiger partial charge < -0.3 is 45.2 Å². The molecular formula is C32H58N4O8. The molecule has 0 aromatic carbocycles. The summed E-state index contributed by atoms with van der Waals surface area (Å²) in [5.41, 5.74) is 12.7. The van der Waals surface area contributed by atoms with Crippen molar-refractivity contribution in [1.29, 1.82) is 0 Å². The number of hydrogen-bond donors (Lipinski definition) is 3. The summed E-state index contributed by atoms with van der Waals surface area (Å²) < 4.78 is 32.9. The monoisotopic (exact) mass is 626 g/mol. The minimum atomic E-state index is -0.450. The van der Waals surface area contributed by atoms with Crippen LogP contribution in [-0.4, -0.2) is 103 Å². The maximum atomic E-state index is 12.6. The zero-order chi connectivity index (χ0) is 32.5. The van der Waals surface area contributed by atoms with Crippen molar-refractivity contribution in [2.24, 2.45) is 5.41 Å². The van der Waals surface area contributed by atoms with Crippen molar-refractivity contribution in [3.63, 3.8) is 0 Å². The first kappa shape index (κ1) is 39.7. The number of ether oxygens (including phenoxy) is 6. The molecule has 1 heterocycles. The molecule has 12 heteroatoms. The second-order valence-corrected chi connectivity index (χ2v) is 11.7. The highest BCUT2D eigenvalue weighted by Gasteiger charge is 2.18. The van der Waals surface area contributed by atoms with Crippen molar-refractivity contribution in [2.75, 3.05) is 97.3 Å². The van der Waals surface area contributed by atoms with E-state index in [2.05, 4.69) is 38.0 Å². The summed E-state index contributed by atoms with van der Waals surface area (Å²) >= 11 is 0. The van der Waals surface area contributed by atoms with Crippen molar-refractivity contribution in [2.45, 2.75) is 72.6 Å². The van der Waals surface area contributed by atoms with Crippen molar-refractivity contribution in [3.05, 3.63) is 17.3 Å². The molecule has 254 valence electrons. The summed E-state index contributed by atoms with van der Waals surface area (Å²) in [7, 11) is 0. The number of anilines is 2. The van der Waals surface area contributed by atoms with Gasteiger partial charge in [0.25, 0.3) is 5.91 Å². The Morgan fingerprint density at radius 1 is 0.727 bits per heavy atom. The number of amides is 1. The number of carbonyl (C=O) groups is 2. The van der Waals surface area contributed by atoms with Crippen LogP contribution in [0.2, 0.25) is 0 Å². The Bertz CT molecular complexity index is 911. The molecule has 0 aliphatic carbocycles. The number of nitrogen functional groups attached to an aromatic ring is 2. The minimum Gasteiger partial charge on any atom is -0.397 e. The van der Waals surface area contributed by atoms with Crippen LogP contribution >= 0.6 is 0 Å². The lowest BCUT2D eigenvalue weighted by molar-refractivity contribution is 0.0127. The number of pyridine rings is 1. The number of nitrogens with two attached hydrogens (primary N) is 2. The lowest BCUT2D eigenvalue weighted by atomic mass is 9.91. The predicted octanol–water partition coefficient (Wildman–Crippen LogP) is 4.05. The van der Waals surface area contributed by atoms with E-state index in [-0.39, 0.29) is 35.0 Å². The smallest absolute Gasteiger partial charge is 0.272 e. The van der Waals surface area contributed by atoms with E-state index < -0.39 is 5.91 Å². The average Bonchev–Trinajstić information content (AvgIpc) is 2.98. The van der Waals surface area contributed by atoms with Gasteiger partial charge in [-0.1, -0.05) is 27.7 Å². The quantitative estimate of drug-likeness (QED) is 0.0907. The zero-order valence-corrected chi connectivity index (χ0v) is 27.6. The first-order valence-corrected chi connectivity index (χ1v) is 16.0. The Morgan fingerprint density at radius 2 is 1.23 bits per heavy atom. The van der Waals surface area contributed by atoms with E-state index in [1.54, 1.807) is 0 Å². The van der Waals surface area contributed by atoms with E-state index in [1.807, 2.05) is 0 Å². The molecule has 1 amide bonds. The van der Waals surface area contributed by atoms with Crippen LogP contribution in [0.3, 0.4) is 0 Å². The number of aromatic nitrogens is 1. The predicted molar refractivity (Wildman–Crippen MR) is 172 cm³/mol. The Balaban J connectivity index is 2.13. The Labute approximate surface area is 264 Å². The maximum absolute atomic E-state index is 12.6. The maximum Gasteiger partial charge on any atom is 0.272 e. The molecule has 0 saturated heterocycles. The number of hydrogen-bond acceptors (Lipinski definition) is 11. The molecule has 0 bridgehead atoms. The SMILES string of the molecule is CCCOCCOCCOCCCCC(=O)c1cc(N)c(C(=O)NCCCOCCOCCOCCCC(C)(C)C)nc1N. The van der Waals surface area contributed by atoms with Crippen LogP contribution in [0.25, 0.3) is 0 Å². The average molecular weight is 627 g/mol. The third kappa shape index (κ3) is 20.6. The van der Waals surface area contributed by atoms with Gasteiger partial charge in [-0.05, 0) is 50.0 Å². The number of rotatable bonds is 28. The molecule has 0 atom stereocenters. The fraction of sp³-hybridized carbons (Fsp3) is 0.781. The van der Waals surface area contributed by atoms with Gasteiger partial charge >= 0.3 is 0 Å². The van der Waals surface area contributed by atoms with Crippen molar-refractivity contribution in [3.8, 4) is 0 Å². The Hall–Kier alpha value is -2.35. The van der Waals surface area contributed by atoms with Crippen LogP contribution < -0.4 is 16.8 Å². The van der Waals surface area contributed by atoms with E-state index in [0.717, 1.165) is 38.9 Å². The molecule has 0 radical (unpaired) electrons. The molecule has 0 unspecified atom stereocenters. The Morgan fingerprint density at radius 3 is 1.77 bits per heavy atom. The van der Waals surface area contributed by atoms with Gasteiger partial charge in [0, 0.05) is 39.4 Å². The topological polar surface area (TPSA) is 166 Å². The highest BCUT2D eigenvalue weighted by molar-refractivity contribution is 6.04. The fourth-order valence-electron chi connectivity index (χ4n) is 3.97. The molecule has 5 N–H and O–H groups in total. The summed E-state index contributed by atoms with van der Waals surface area (Å²) in [5.74, 6) is -0.633. The molecule has 1 rings (SSSR count). The molecule has 1 aromatic heterocycles. The standard InChI is InChI=1S/C32H58N4O8/c1-5-13-39-17-21-43-22-18-40-14-7-6-10-28(37)26-25-27(33)29(36-30(26)34)31(38)35-12-9-16-42-20-24-44-23-19-41-15-8-11-32(2,3)4/h25H,5-24,33H2,1-4H3,(H2,34,36)(H,35,38). The van der Waals surface area contributed by atoms with Gasteiger partial charge in [-0.3, -0.25) is 9.59 Å². The number of ketones is 1. The molecule has 0 saturated carbocycles. The number of carbonyl (C=O) groups excluding carboxylic acids is 2. The summed E-state index contributed by atoms with van der Waals surface area (Å²) in [6.07, 6.45) is 5.43. The lowest BCUT2D eigenvalue weighted by Gasteiger charge is -2.17. The highest BCUT2D eigenvalue weighted by atomic mass is 16.5. The minimum absolute atomic E-state index is 0.00142. The summed E-state index contributed by atoms with van der Waals surface area (Å²) in [6.45, 7) is 15.8. The first-order valence-electron chi connectivity index (χ1n) is 16.0. The highest BCUT2D eigenvalue weighted by Crippen LogP contribution is 2.21.